The molecule has 1 aliphatic carbocycles. The predicted octanol–water partition coefficient (Wildman–Crippen LogP) is 0.739. The third kappa shape index (κ3) is 2.89. The molecule has 7 nitrogen and oxygen atoms in total. The number of hydrogen-bond acceptors (Lipinski definition) is 5. The fraction of sp³-hybridized carbons (Fsp3) is 0.500. The summed E-state index contributed by atoms with van der Waals surface area (Å²) in [4.78, 5) is 37.6. The number of anilines is 1. The van der Waals surface area contributed by atoms with Crippen molar-refractivity contribution in [2.24, 2.45) is 5.73 Å². The van der Waals surface area contributed by atoms with E-state index in [0.717, 1.165) is 30.5 Å². The van der Waals surface area contributed by atoms with Crippen LogP contribution in [0.3, 0.4) is 0 Å². The van der Waals surface area contributed by atoms with Crippen molar-refractivity contribution in [3.05, 3.63) is 29.3 Å². The lowest BCUT2D eigenvalue weighted by atomic mass is 10.0. The molecule has 3 atom stereocenters. The van der Waals surface area contributed by atoms with Gasteiger partial charge in [0.15, 0.2) is 0 Å². The van der Waals surface area contributed by atoms with E-state index < -0.39 is 6.04 Å². The molecule has 2 aliphatic heterocycles. The van der Waals surface area contributed by atoms with Crippen LogP contribution < -0.4 is 16.4 Å². The maximum absolute atomic E-state index is 12.7. The van der Waals surface area contributed by atoms with Gasteiger partial charge in [0.25, 0.3) is 5.91 Å². The SMILES string of the molecule is N[C@@H]1CCC[C@H]1Nc1ccc2c(c1)CN(C1CCC(=O)NC1=O)C2=O. The Hall–Kier alpha value is -2.41. The number of imide groups is 1. The summed E-state index contributed by atoms with van der Waals surface area (Å²) in [5.41, 5.74) is 8.61. The van der Waals surface area contributed by atoms with E-state index in [1.54, 1.807) is 4.90 Å². The van der Waals surface area contributed by atoms with Crippen LogP contribution in [0, 0.1) is 0 Å². The van der Waals surface area contributed by atoms with Gasteiger partial charge in [-0.3, -0.25) is 19.7 Å². The number of fused-ring (bicyclic) bond motifs is 1. The first-order valence-electron chi connectivity index (χ1n) is 8.82. The molecule has 1 aromatic carbocycles. The molecule has 132 valence electrons. The minimum atomic E-state index is -0.572. The van der Waals surface area contributed by atoms with Crippen LogP contribution in [0.2, 0.25) is 0 Å². The average Bonchev–Trinajstić information content (AvgIpc) is 3.12. The minimum absolute atomic E-state index is 0.145. The molecular weight excluding hydrogens is 320 g/mol. The molecule has 4 N–H and O–H groups in total. The van der Waals surface area contributed by atoms with Crippen molar-refractivity contribution in [2.45, 2.75) is 56.8 Å². The van der Waals surface area contributed by atoms with Crippen molar-refractivity contribution >= 4 is 23.4 Å². The first-order valence-corrected chi connectivity index (χ1v) is 8.82. The molecule has 2 heterocycles. The van der Waals surface area contributed by atoms with Crippen LogP contribution in [0.25, 0.3) is 0 Å². The largest absolute Gasteiger partial charge is 0.381 e. The van der Waals surface area contributed by atoms with Crippen LogP contribution in [-0.2, 0) is 16.1 Å². The summed E-state index contributed by atoms with van der Waals surface area (Å²) in [6.07, 6.45) is 3.87. The lowest BCUT2D eigenvalue weighted by molar-refractivity contribution is -0.136. The molecule has 7 heteroatoms. The summed E-state index contributed by atoms with van der Waals surface area (Å²) >= 11 is 0. The lowest BCUT2D eigenvalue weighted by Gasteiger charge is -2.29. The van der Waals surface area contributed by atoms with Gasteiger partial charge in [0.05, 0.1) is 0 Å². The number of carbonyl (C=O) groups excluding carboxylic acids is 3. The van der Waals surface area contributed by atoms with Crippen molar-refractivity contribution in [1.29, 1.82) is 0 Å². The Morgan fingerprint density at radius 2 is 2.00 bits per heavy atom. The predicted molar refractivity (Wildman–Crippen MR) is 91.7 cm³/mol. The number of piperidine rings is 1. The lowest BCUT2D eigenvalue weighted by Crippen LogP contribution is -2.52. The van der Waals surface area contributed by atoms with Crippen LogP contribution in [0.15, 0.2) is 18.2 Å². The third-order valence-corrected chi connectivity index (χ3v) is 5.45. The van der Waals surface area contributed by atoms with Gasteiger partial charge in [0.1, 0.15) is 6.04 Å². The molecule has 2 fully saturated rings. The molecule has 0 bridgehead atoms. The maximum atomic E-state index is 12.7. The molecular formula is C18H22N4O3. The second-order valence-corrected chi connectivity index (χ2v) is 7.12. The second-order valence-electron chi connectivity index (χ2n) is 7.12. The number of nitrogens with one attached hydrogen (secondary N) is 2. The Bertz CT molecular complexity index is 748. The summed E-state index contributed by atoms with van der Waals surface area (Å²) in [5, 5.41) is 5.79. The van der Waals surface area contributed by atoms with Crippen molar-refractivity contribution in [1.82, 2.24) is 10.2 Å². The number of carbonyl (C=O) groups is 3. The molecule has 0 radical (unpaired) electrons. The van der Waals surface area contributed by atoms with Gasteiger partial charge >= 0.3 is 0 Å². The number of nitrogens with two attached hydrogens (primary N) is 1. The Morgan fingerprint density at radius 3 is 2.72 bits per heavy atom. The number of rotatable bonds is 3. The van der Waals surface area contributed by atoms with E-state index in [2.05, 4.69) is 10.6 Å². The Labute approximate surface area is 145 Å². The zero-order chi connectivity index (χ0) is 17.6. The Morgan fingerprint density at radius 1 is 1.16 bits per heavy atom. The fourth-order valence-electron chi connectivity index (χ4n) is 4.05. The average molecular weight is 342 g/mol. The van der Waals surface area contributed by atoms with E-state index in [0.29, 0.717) is 18.5 Å². The van der Waals surface area contributed by atoms with Crippen LogP contribution in [0.4, 0.5) is 5.69 Å². The smallest absolute Gasteiger partial charge is 0.255 e. The van der Waals surface area contributed by atoms with E-state index in [4.69, 9.17) is 5.73 Å². The maximum Gasteiger partial charge on any atom is 0.255 e. The monoisotopic (exact) mass is 342 g/mol. The Kier molecular flexibility index (Phi) is 3.95. The van der Waals surface area contributed by atoms with Gasteiger partial charge in [0.2, 0.25) is 11.8 Å². The van der Waals surface area contributed by atoms with Gasteiger partial charge in [-0.2, -0.15) is 0 Å². The van der Waals surface area contributed by atoms with E-state index in [1.165, 1.54) is 0 Å². The van der Waals surface area contributed by atoms with Crippen LogP contribution in [0.1, 0.15) is 48.0 Å². The van der Waals surface area contributed by atoms with E-state index in [-0.39, 0.29) is 36.2 Å². The highest BCUT2D eigenvalue weighted by molar-refractivity contribution is 6.05. The van der Waals surface area contributed by atoms with Crippen molar-refractivity contribution in [3.8, 4) is 0 Å². The third-order valence-electron chi connectivity index (χ3n) is 5.45. The van der Waals surface area contributed by atoms with Crippen LogP contribution in [0.5, 0.6) is 0 Å². The topological polar surface area (TPSA) is 105 Å². The molecule has 1 unspecified atom stereocenters. The van der Waals surface area contributed by atoms with Gasteiger partial charge in [-0.05, 0) is 49.4 Å². The minimum Gasteiger partial charge on any atom is -0.381 e. The molecule has 0 spiro atoms. The molecule has 1 aromatic rings. The Balaban J connectivity index is 1.51. The molecule has 1 saturated heterocycles. The van der Waals surface area contributed by atoms with E-state index >= 15 is 0 Å². The highest BCUT2D eigenvalue weighted by atomic mass is 16.2. The first kappa shape index (κ1) is 16.1. The highest BCUT2D eigenvalue weighted by Crippen LogP contribution is 2.30. The number of amides is 3. The van der Waals surface area contributed by atoms with Gasteiger partial charge < -0.3 is 16.0 Å². The summed E-state index contributed by atoms with van der Waals surface area (Å²) in [6, 6.07) is 5.54. The van der Waals surface area contributed by atoms with Gasteiger partial charge in [0, 0.05) is 36.3 Å². The van der Waals surface area contributed by atoms with Crippen molar-refractivity contribution in [2.75, 3.05) is 5.32 Å². The van der Waals surface area contributed by atoms with Crippen LogP contribution in [-0.4, -0.2) is 40.7 Å². The zero-order valence-electron chi connectivity index (χ0n) is 14.0. The summed E-state index contributed by atoms with van der Waals surface area (Å²) < 4.78 is 0. The second kappa shape index (κ2) is 6.15. The summed E-state index contributed by atoms with van der Waals surface area (Å²) in [6.45, 7) is 0.396. The number of nitrogens with zero attached hydrogens (tertiary/aromatic N) is 1. The quantitative estimate of drug-likeness (QED) is 0.703. The van der Waals surface area contributed by atoms with Gasteiger partial charge in [-0.1, -0.05) is 0 Å². The molecule has 3 amide bonds. The standard InChI is InChI=1S/C18H22N4O3/c19-13-2-1-3-14(13)20-11-4-5-12-10(8-11)9-22(18(12)25)15-6-7-16(23)21-17(15)24/h4-5,8,13-15,20H,1-3,6-7,9,19H2,(H,21,23,24)/t13-,14-,15?/m1/s1. The van der Waals surface area contributed by atoms with Crippen molar-refractivity contribution < 1.29 is 14.4 Å². The summed E-state index contributed by atoms with van der Waals surface area (Å²) in [7, 11) is 0. The van der Waals surface area contributed by atoms with E-state index in [9.17, 15) is 14.4 Å². The van der Waals surface area contributed by atoms with Gasteiger partial charge in [-0.25, -0.2) is 0 Å². The first-order chi connectivity index (χ1) is 12.0. The molecule has 3 aliphatic rings. The van der Waals surface area contributed by atoms with Crippen molar-refractivity contribution in [3.63, 3.8) is 0 Å². The molecule has 25 heavy (non-hydrogen) atoms. The zero-order valence-corrected chi connectivity index (χ0v) is 14.0. The normalized spacial score (nSPS) is 28.9. The fourth-order valence-corrected chi connectivity index (χ4v) is 4.05. The molecule has 4 rings (SSSR count). The van der Waals surface area contributed by atoms with Crippen LogP contribution >= 0.6 is 0 Å². The highest BCUT2D eigenvalue weighted by Gasteiger charge is 2.39. The summed E-state index contributed by atoms with van der Waals surface area (Å²) in [5.74, 6) is -0.800. The molecule has 1 saturated carbocycles. The number of benzene rings is 1. The van der Waals surface area contributed by atoms with E-state index in [1.807, 2.05) is 18.2 Å². The number of hydrogen-bond donors (Lipinski definition) is 3. The van der Waals surface area contributed by atoms with Gasteiger partial charge in [-0.15, -0.1) is 0 Å². The molecule has 0 aromatic heterocycles.